The zero-order chi connectivity index (χ0) is 24.6. The molecule has 1 saturated heterocycles. The average molecular weight is 478 g/mol. The van der Waals surface area contributed by atoms with Gasteiger partial charge in [0.15, 0.2) is 0 Å². The van der Waals surface area contributed by atoms with Gasteiger partial charge in [-0.25, -0.2) is 8.78 Å². The van der Waals surface area contributed by atoms with E-state index in [1.807, 2.05) is 18.2 Å². The number of aromatic nitrogens is 1. The number of rotatable bonds is 4. The molecular weight excluding hydrogens is 452 g/mol. The van der Waals surface area contributed by atoms with Gasteiger partial charge in [-0.05, 0) is 48.2 Å². The minimum atomic E-state index is -0.779. The van der Waals surface area contributed by atoms with Gasteiger partial charge in [0, 0.05) is 55.2 Å². The average Bonchev–Trinajstić information content (AvgIpc) is 3.12. The van der Waals surface area contributed by atoms with Crippen molar-refractivity contribution >= 4 is 11.8 Å². The number of nitrogens with one attached hydrogen (secondary N) is 1. The molecule has 2 atom stereocenters. The van der Waals surface area contributed by atoms with Crippen molar-refractivity contribution in [2.75, 3.05) is 20.2 Å². The molecule has 1 fully saturated rings. The van der Waals surface area contributed by atoms with Crippen LogP contribution in [0.1, 0.15) is 50.7 Å². The Morgan fingerprint density at radius 3 is 2.31 bits per heavy atom. The van der Waals surface area contributed by atoms with Crippen molar-refractivity contribution < 1.29 is 23.1 Å². The fraction of sp³-hybridized carbons (Fsp3) is 0.296. The van der Waals surface area contributed by atoms with Gasteiger partial charge >= 0.3 is 0 Å². The maximum atomic E-state index is 13.7. The van der Waals surface area contributed by atoms with Gasteiger partial charge in [0.25, 0.3) is 11.8 Å². The molecule has 0 unspecified atom stereocenters. The van der Waals surface area contributed by atoms with E-state index in [0.29, 0.717) is 31.5 Å². The standard InChI is InChI=1S/C27H25F2N3O3/c1-35-24-23(31-25(33)17-6-10-30-11-7-17)21-4-2-3-5-22(21)27(24)8-12-32(13-9-27)26(34)18-14-19(28)16-20(29)15-18/h2-7,10-11,14-16,23-24H,8-9,12-13H2,1H3,(H,31,33)/t23-,24+/m1/s1. The Kier molecular flexibility index (Phi) is 6.06. The number of halogens is 2. The maximum absolute atomic E-state index is 13.7. The number of ether oxygens (including phenoxy) is 1. The number of benzene rings is 2. The van der Waals surface area contributed by atoms with E-state index in [0.717, 1.165) is 29.3 Å². The Hall–Kier alpha value is -3.65. The molecule has 1 spiro atoms. The first kappa shape index (κ1) is 23.1. The lowest BCUT2D eigenvalue weighted by Gasteiger charge is -2.44. The van der Waals surface area contributed by atoms with Crippen LogP contribution in [0.3, 0.4) is 0 Å². The minimum Gasteiger partial charge on any atom is -0.378 e. The normalized spacial score (nSPS) is 20.5. The van der Waals surface area contributed by atoms with Gasteiger partial charge in [-0.2, -0.15) is 0 Å². The molecule has 35 heavy (non-hydrogen) atoms. The summed E-state index contributed by atoms with van der Waals surface area (Å²) in [6.07, 6.45) is 3.99. The SMILES string of the molecule is CO[C@H]1[C@H](NC(=O)c2ccncc2)c2ccccc2C12CCN(C(=O)c1cc(F)cc(F)c1)CC2. The first-order valence-electron chi connectivity index (χ1n) is 11.5. The molecule has 2 aliphatic rings. The number of fused-ring (bicyclic) bond motifs is 2. The molecule has 0 bridgehead atoms. The highest BCUT2D eigenvalue weighted by molar-refractivity contribution is 5.95. The molecule has 180 valence electrons. The zero-order valence-corrected chi connectivity index (χ0v) is 19.2. The molecule has 2 amide bonds. The number of hydrogen-bond donors (Lipinski definition) is 1. The number of likely N-dealkylation sites (tertiary alicyclic amines) is 1. The molecular formula is C27H25F2N3O3. The van der Waals surface area contributed by atoms with E-state index in [4.69, 9.17) is 4.74 Å². The predicted molar refractivity (Wildman–Crippen MR) is 125 cm³/mol. The molecule has 1 aliphatic carbocycles. The predicted octanol–water partition coefficient (Wildman–Crippen LogP) is 4.03. The summed E-state index contributed by atoms with van der Waals surface area (Å²) in [6.45, 7) is 0.798. The first-order chi connectivity index (χ1) is 16.9. The number of nitrogens with zero attached hydrogens (tertiary/aromatic N) is 2. The Bertz CT molecular complexity index is 1240. The third kappa shape index (κ3) is 4.08. The second kappa shape index (κ2) is 9.19. The van der Waals surface area contributed by atoms with Crippen LogP contribution in [0.2, 0.25) is 0 Å². The topological polar surface area (TPSA) is 71.5 Å². The molecule has 1 aliphatic heterocycles. The number of amides is 2. The Labute approximate surface area is 201 Å². The molecule has 8 heteroatoms. The Morgan fingerprint density at radius 2 is 1.66 bits per heavy atom. The molecule has 2 heterocycles. The summed E-state index contributed by atoms with van der Waals surface area (Å²) in [5, 5.41) is 3.14. The van der Waals surface area contributed by atoms with Crippen LogP contribution in [0.4, 0.5) is 8.78 Å². The summed E-state index contributed by atoms with van der Waals surface area (Å²) >= 11 is 0. The van der Waals surface area contributed by atoms with Crippen molar-refractivity contribution in [2.45, 2.75) is 30.4 Å². The summed E-state index contributed by atoms with van der Waals surface area (Å²) in [6, 6.07) is 13.8. The van der Waals surface area contributed by atoms with Gasteiger partial charge in [-0.15, -0.1) is 0 Å². The van der Waals surface area contributed by atoms with E-state index in [-0.39, 0.29) is 23.6 Å². The number of pyridine rings is 1. The molecule has 2 aromatic carbocycles. The number of piperidine rings is 1. The van der Waals surface area contributed by atoms with Gasteiger partial charge in [0.05, 0.1) is 12.1 Å². The van der Waals surface area contributed by atoms with Crippen LogP contribution >= 0.6 is 0 Å². The number of carbonyl (C=O) groups excluding carboxylic acids is 2. The van der Waals surface area contributed by atoms with E-state index in [1.165, 1.54) is 0 Å². The minimum absolute atomic E-state index is 0.00365. The lowest BCUT2D eigenvalue weighted by molar-refractivity contribution is -0.00930. The van der Waals surface area contributed by atoms with E-state index in [9.17, 15) is 18.4 Å². The van der Waals surface area contributed by atoms with Gasteiger partial charge in [0.2, 0.25) is 0 Å². The monoisotopic (exact) mass is 477 g/mol. The van der Waals surface area contributed by atoms with Crippen molar-refractivity contribution in [1.29, 1.82) is 0 Å². The summed E-state index contributed by atoms with van der Waals surface area (Å²) < 4.78 is 33.3. The second-order valence-electron chi connectivity index (χ2n) is 9.04. The molecule has 1 aromatic heterocycles. The van der Waals surface area contributed by atoms with Crippen molar-refractivity contribution in [3.05, 3.63) is 101 Å². The lowest BCUT2D eigenvalue weighted by atomic mass is 9.71. The van der Waals surface area contributed by atoms with Gasteiger partial charge < -0.3 is 15.0 Å². The van der Waals surface area contributed by atoms with Crippen molar-refractivity contribution in [2.24, 2.45) is 0 Å². The van der Waals surface area contributed by atoms with Crippen LogP contribution in [-0.4, -0.2) is 48.0 Å². The fourth-order valence-electron chi connectivity index (χ4n) is 5.62. The van der Waals surface area contributed by atoms with E-state index in [1.54, 1.807) is 36.5 Å². The smallest absolute Gasteiger partial charge is 0.254 e. The summed E-state index contributed by atoms with van der Waals surface area (Å²) in [4.78, 5) is 31.5. The summed E-state index contributed by atoms with van der Waals surface area (Å²) in [7, 11) is 1.64. The van der Waals surface area contributed by atoms with Crippen LogP contribution in [0, 0.1) is 11.6 Å². The Balaban J connectivity index is 1.40. The quantitative estimate of drug-likeness (QED) is 0.616. The molecule has 1 N–H and O–H groups in total. The zero-order valence-electron chi connectivity index (χ0n) is 19.2. The van der Waals surface area contributed by atoms with E-state index < -0.39 is 23.0 Å². The molecule has 5 rings (SSSR count). The van der Waals surface area contributed by atoms with Gasteiger partial charge in [0.1, 0.15) is 11.6 Å². The van der Waals surface area contributed by atoms with E-state index >= 15 is 0 Å². The third-order valence-electron chi connectivity index (χ3n) is 7.22. The highest BCUT2D eigenvalue weighted by Gasteiger charge is 2.54. The van der Waals surface area contributed by atoms with Crippen LogP contribution in [0.5, 0.6) is 0 Å². The first-order valence-corrected chi connectivity index (χ1v) is 11.5. The number of hydrogen-bond acceptors (Lipinski definition) is 4. The van der Waals surface area contributed by atoms with Gasteiger partial charge in [-0.3, -0.25) is 14.6 Å². The van der Waals surface area contributed by atoms with Gasteiger partial charge in [-0.1, -0.05) is 24.3 Å². The maximum Gasteiger partial charge on any atom is 0.254 e. The number of methoxy groups -OCH3 is 1. The van der Waals surface area contributed by atoms with Crippen molar-refractivity contribution in [3.63, 3.8) is 0 Å². The largest absolute Gasteiger partial charge is 0.378 e. The van der Waals surface area contributed by atoms with Crippen molar-refractivity contribution in [1.82, 2.24) is 15.2 Å². The molecule has 6 nitrogen and oxygen atoms in total. The van der Waals surface area contributed by atoms with Crippen LogP contribution in [-0.2, 0) is 10.2 Å². The number of carbonyl (C=O) groups is 2. The van der Waals surface area contributed by atoms with E-state index in [2.05, 4.69) is 16.4 Å². The third-order valence-corrected chi connectivity index (χ3v) is 7.22. The summed E-state index contributed by atoms with van der Waals surface area (Å²) in [5.41, 5.74) is 2.18. The van der Waals surface area contributed by atoms with Crippen molar-refractivity contribution in [3.8, 4) is 0 Å². The lowest BCUT2D eigenvalue weighted by Crippen LogP contribution is -2.51. The van der Waals surface area contributed by atoms with Crippen LogP contribution < -0.4 is 5.32 Å². The molecule has 0 radical (unpaired) electrons. The molecule has 0 saturated carbocycles. The highest BCUT2D eigenvalue weighted by Crippen LogP contribution is 2.52. The van der Waals surface area contributed by atoms with Crippen LogP contribution in [0.15, 0.2) is 67.0 Å². The van der Waals surface area contributed by atoms with Crippen LogP contribution in [0.25, 0.3) is 0 Å². The fourth-order valence-corrected chi connectivity index (χ4v) is 5.62. The highest BCUT2D eigenvalue weighted by atomic mass is 19.1. The Morgan fingerprint density at radius 1 is 1.00 bits per heavy atom. The summed E-state index contributed by atoms with van der Waals surface area (Å²) in [5.74, 6) is -2.18. The molecule has 3 aromatic rings. The second-order valence-corrected chi connectivity index (χ2v) is 9.04.